The number of hydrogen-bond acceptors (Lipinski definition) is 5. The second-order valence-electron chi connectivity index (χ2n) is 4.76. The molecular weight excluding hydrogens is 284 g/mol. The first-order chi connectivity index (χ1) is 10.5. The minimum atomic E-state index is -0.439. The lowest BCUT2D eigenvalue weighted by Gasteiger charge is -2.07. The Bertz CT molecular complexity index is 696. The highest BCUT2D eigenvalue weighted by Crippen LogP contribution is 2.22. The number of nitro benzene ring substituents is 1. The predicted octanol–water partition coefficient (Wildman–Crippen LogP) is 3.21. The predicted molar refractivity (Wildman–Crippen MR) is 83.6 cm³/mol. The van der Waals surface area contributed by atoms with Crippen molar-refractivity contribution in [2.45, 2.75) is 6.92 Å². The van der Waals surface area contributed by atoms with Crippen LogP contribution in [-0.4, -0.2) is 24.4 Å². The van der Waals surface area contributed by atoms with E-state index in [-0.39, 0.29) is 18.0 Å². The molecule has 22 heavy (non-hydrogen) atoms. The van der Waals surface area contributed by atoms with E-state index in [0.29, 0.717) is 22.6 Å². The Kier molecular flexibility index (Phi) is 4.73. The highest BCUT2D eigenvalue weighted by Gasteiger charge is 2.12. The van der Waals surface area contributed by atoms with Crippen LogP contribution in [-0.2, 0) is 0 Å². The molecular formula is C16H16N2O4. The Hall–Kier alpha value is -2.89. The Morgan fingerprint density at radius 3 is 2.50 bits per heavy atom. The summed E-state index contributed by atoms with van der Waals surface area (Å²) in [4.78, 5) is 22.5. The summed E-state index contributed by atoms with van der Waals surface area (Å²) in [6, 6.07) is 11.6. The molecule has 0 aromatic heterocycles. The van der Waals surface area contributed by atoms with Gasteiger partial charge in [0.05, 0.1) is 18.6 Å². The van der Waals surface area contributed by atoms with Crippen LogP contribution in [0.3, 0.4) is 0 Å². The first-order valence-corrected chi connectivity index (χ1v) is 6.67. The van der Waals surface area contributed by atoms with Crippen molar-refractivity contribution < 1.29 is 14.5 Å². The van der Waals surface area contributed by atoms with Crippen LogP contribution in [0.5, 0.6) is 5.75 Å². The number of aryl methyl sites for hydroxylation is 1. The fourth-order valence-corrected chi connectivity index (χ4v) is 1.98. The standard InChI is InChI=1S/C16H16N2O4/c1-11-3-6-13(9-15(11)18(20)21)17-10-16(19)12-4-7-14(22-2)8-5-12/h3-9,17H,10H2,1-2H3. The van der Waals surface area contributed by atoms with Crippen LogP contribution in [0.25, 0.3) is 0 Å². The quantitative estimate of drug-likeness (QED) is 0.503. The summed E-state index contributed by atoms with van der Waals surface area (Å²) in [5.74, 6) is 0.574. The van der Waals surface area contributed by atoms with E-state index in [4.69, 9.17) is 4.74 Å². The molecule has 2 aromatic carbocycles. The Morgan fingerprint density at radius 1 is 1.23 bits per heavy atom. The number of ether oxygens (including phenoxy) is 1. The average molecular weight is 300 g/mol. The zero-order valence-corrected chi connectivity index (χ0v) is 12.3. The minimum Gasteiger partial charge on any atom is -0.497 e. The first-order valence-electron chi connectivity index (χ1n) is 6.67. The molecule has 0 amide bonds. The summed E-state index contributed by atoms with van der Waals surface area (Å²) in [5.41, 5.74) is 1.70. The van der Waals surface area contributed by atoms with Crippen LogP contribution in [0.15, 0.2) is 42.5 Å². The SMILES string of the molecule is COc1ccc(C(=O)CNc2ccc(C)c([N+](=O)[O-])c2)cc1. The third-order valence-electron chi connectivity index (χ3n) is 3.27. The third kappa shape index (κ3) is 3.60. The van der Waals surface area contributed by atoms with Gasteiger partial charge < -0.3 is 10.1 Å². The number of nitrogens with one attached hydrogen (secondary N) is 1. The third-order valence-corrected chi connectivity index (χ3v) is 3.27. The minimum absolute atomic E-state index is 0.0295. The van der Waals surface area contributed by atoms with Gasteiger partial charge in [-0.05, 0) is 37.3 Å². The molecule has 0 unspecified atom stereocenters. The summed E-state index contributed by atoms with van der Waals surface area (Å²) in [5, 5.41) is 13.8. The van der Waals surface area contributed by atoms with Crippen LogP contribution < -0.4 is 10.1 Å². The number of hydrogen-bond donors (Lipinski definition) is 1. The first kappa shape index (κ1) is 15.5. The second kappa shape index (κ2) is 6.71. The smallest absolute Gasteiger partial charge is 0.274 e. The van der Waals surface area contributed by atoms with Gasteiger partial charge in [-0.3, -0.25) is 14.9 Å². The number of nitro groups is 1. The summed E-state index contributed by atoms with van der Waals surface area (Å²) >= 11 is 0. The maximum atomic E-state index is 12.1. The molecule has 0 bridgehead atoms. The summed E-state index contributed by atoms with van der Waals surface area (Å²) in [6.07, 6.45) is 0. The van der Waals surface area contributed by atoms with E-state index >= 15 is 0 Å². The van der Waals surface area contributed by atoms with Gasteiger partial charge in [-0.2, -0.15) is 0 Å². The fourth-order valence-electron chi connectivity index (χ4n) is 1.98. The highest BCUT2D eigenvalue weighted by atomic mass is 16.6. The molecule has 2 aromatic rings. The zero-order chi connectivity index (χ0) is 16.1. The van der Waals surface area contributed by atoms with Crippen molar-refractivity contribution in [2.24, 2.45) is 0 Å². The molecule has 0 saturated carbocycles. The lowest BCUT2D eigenvalue weighted by Crippen LogP contribution is -2.14. The molecule has 0 heterocycles. The maximum absolute atomic E-state index is 12.1. The van der Waals surface area contributed by atoms with E-state index in [9.17, 15) is 14.9 Å². The average Bonchev–Trinajstić information content (AvgIpc) is 2.53. The van der Waals surface area contributed by atoms with Crippen molar-refractivity contribution >= 4 is 17.2 Å². The van der Waals surface area contributed by atoms with Gasteiger partial charge in [0.2, 0.25) is 0 Å². The second-order valence-corrected chi connectivity index (χ2v) is 4.76. The molecule has 2 rings (SSSR count). The zero-order valence-electron chi connectivity index (χ0n) is 12.3. The normalized spacial score (nSPS) is 10.1. The lowest BCUT2D eigenvalue weighted by molar-refractivity contribution is -0.385. The van der Waals surface area contributed by atoms with Gasteiger partial charge in [0.25, 0.3) is 5.69 Å². The van der Waals surface area contributed by atoms with Crippen molar-refractivity contribution in [3.63, 3.8) is 0 Å². The van der Waals surface area contributed by atoms with Crippen molar-refractivity contribution in [2.75, 3.05) is 19.0 Å². The number of carbonyl (C=O) groups excluding carboxylic acids is 1. The van der Waals surface area contributed by atoms with E-state index in [1.54, 1.807) is 50.4 Å². The Morgan fingerprint density at radius 2 is 1.91 bits per heavy atom. The number of anilines is 1. The van der Waals surface area contributed by atoms with Gasteiger partial charge in [0.15, 0.2) is 5.78 Å². The number of nitrogens with zero attached hydrogens (tertiary/aromatic N) is 1. The van der Waals surface area contributed by atoms with Crippen molar-refractivity contribution in [3.8, 4) is 5.75 Å². The number of carbonyl (C=O) groups is 1. The number of ketones is 1. The van der Waals surface area contributed by atoms with E-state index < -0.39 is 4.92 Å². The fraction of sp³-hybridized carbons (Fsp3) is 0.188. The number of benzene rings is 2. The van der Waals surface area contributed by atoms with Crippen LogP contribution in [0, 0.1) is 17.0 Å². The highest BCUT2D eigenvalue weighted by molar-refractivity contribution is 5.99. The molecule has 0 fully saturated rings. The summed E-state index contributed by atoms with van der Waals surface area (Å²) in [6.45, 7) is 1.73. The van der Waals surface area contributed by atoms with Gasteiger partial charge in [-0.1, -0.05) is 6.07 Å². The molecule has 0 atom stereocenters. The largest absolute Gasteiger partial charge is 0.497 e. The molecule has 6 heteroatoms. The topological polar surface area (TPSA) is 81.5 Å². The number of rotatable bonds is 6. The number of methoxy groups -OCH3 is 1. The molecule has 114 valence electrons. The van der Waals surface area contributed by atoms with E-state index in [2.05, 4.69) is 5.32 Å². The molecule has 0 radical (unpaired) electrons. The van der Waals surface area contributed by atoms with E-state index in [1.807, 2.05) is 0 Å². The number of Topliss-reactive ketones (excluding diaryl/α,β-unsaturated/α-hetero) is 1. The van der Waals surface area contributed by atoms with E-state index in [1.165, 1.54) is 6.07 Å². The van der Waals surface area contributed by atoms with Crippen LogP contribution in [0.4, 0.5) is 11.4 Å². The summed E-state index contributed by atoms with van der Waals surface area (Å²) < 4.78 is 5.03. The summed E-state index contributed by atoms with van der Waals surface area (Å²) in [7, 11) is 1.56. The van der Waals surface area contributed by atoms with Crippen LogP contribution in [0.2, 0.25) is 0 Å². The van der Waals surface area contributed by atoms with E-state index in [0.717, 1.165) is 0 Å². The van der Waals surface area contributed by atoms with Gasteiger partial charge in [0, 0.05) is 22.9 Å². The van der Waals surface area contributed by atoms with Gasteiger partial charge in [-0.15, -0.1) is 0 Å². The van der Waals surface area contributed by atoms with Crippen LogP contribution in [0.1, 0.15) is 15.9 Å². The molecule has 0 spiro atoms. The molecule has 1 N–H and O–H groups in total. The monoisotopic (exact) mass is 300 g/mol. The molecule has 0 aliphatic heterocycles. The molecule has 0 aliphatic rings. The molecule has 0 saturated heterocycles. The van der Waals surface area contributed by atoms with Gasteiger partial charge in [0.1, 0.15) is 5.75 Å². The van der Waals surface area contributed by atoms with Crippen molar-refractivity contribution in [1.82, 2.24) is 0 Å². The Labute approximate surface area is 127 Å². The Balaban J connectivity index is 2.04. The van der Waals surface area contributed by atoms with Crippen molar-refractivity contribution in [1.29, 1.82) is 0 Å². The maximum Gasteiger partial charge on any atom is 0.274 e. The molecule has 6 nitrogen and oxygen atoms in total. The lowest BCUT2D eigenvalue weighted by atomic mass is 10.1. The van der Waals surface area contributed by atoms with Gasteiger partial charge >= 0.3 is 0 Å². The van der Waals surface area contributed by atoms with Gasteiger partial charge in [-0.25, -0.2) is 0 Å². The van der Waals surface area contributed by atoms with Crippen molar-refractivity contribution in [3.05, 3.63) is 63.7 Å². The molecule has 0 aliphatic carbocycles. The van der Waals surface area contributed by atoms with Crippen LogP contribution >= 0.6 is 0 Å².